The second kappa shape index (κ2) is 11.6. The van der Waals surface area contributed by atoms with Crippen LogP contribution < -0.4 is 20.1 Å². The molecule has 1 fully saturated rings. The molecule has 1 saturated heterocycles. The zero-order valence-electron chi connectivity index (χ0n) is 20.9. The minimum absolute atomic E-state index is 0.00377. The van der Waals surface area contributed by atoms with E-state index in [1.54, 1.807) is 31.2 Å². The number of anilines is 1. The summed E-state index contributed by atoms with van der Waals surface area (Å²) in [6.45, 7) is 3.35. The lowest BCUT2D eigenvalue weighted by Crippen LogP contribution is -2.40. The molecule has 1 atom stereocenters. The molecule has 2 aromatic carbocycles. The molecule has 0 aromatic heterocycles. The van der Waals surface area contributed by atoms with Gasteiger partial charge in [-0.1, -0.05) is 23.8 Å². The zero-order chi connectivity index (χ0) is 27.4. The van der Waals surface area contributed by atoms with Gasteiger partial charge in [-0.2, -0.15) is 0 Å². The minimum atomic E-state index is -4.15. The van der Waals surface area contributed by atoms with Crippen LogP contribution in [0.15, 0.2) is 36.4 Å². The van der Waals surface area contributed by atoms with Gasteiger partial charge in [0.05, 0.1) is 23.4 Å². The van der Waals surface area contributed by atoms with E-state index in [4.69, 9.17) is 32.2 Å². The fourth-order valence-corrected chi connectivity index (χ4v) is 6.47. The molecule has 2 aromatic rings. The molecular weight excluding hydrogens is 532 g/mol. The number of nitrogens with one attached hydrogen (secondary N) is 2. The van der Waals surface area contributed by atoms with Gasteiger partial charge in [0.2, 0.25) is 10.0 Å². The van der Waals surface area contributed by atoms with E-state index < -0.39 is 27.8 Å². The number of nitrogen functional groups attached to an aromatic ring is 1. The third-order valence-electron chi connectivity index (χ3n) is 6.46. The molecule has 2 heterocycles. The second-order valence-corrected chi connectivity index (χ2v) is 11.3. The van der Waals surface area contributed by atoms with E-state index in [2.05, 4.69) is 5.32 Å². The zero-order valence-corrected chi connectivity index (χ0v) is 22.5. The van der Waals surface area contributed by atoms with Crippen LogP contribution in [0.1, 0.15) is 36.5 Å². The van der Waals surface area contributed by atoms with Gasteiger partial charge in [-0.3, -0.25) is 14.5 Å². The Morgan fingerprint density at radius 3 is 2.71 bits per heavy atom. The van der Waals surface area contributed by atoms with Crippen LogP contribution >= 0.6 is 11.6 Å². The Morgan fingerprint density at radius 1 is 1.29 bits per heavy atom. The van der Waals surface area contributed by atoms with Crippen LogP contribution in [-0.2, 0) is 26.0 Å². The first-order valence-corrected chi connectivity index (χ1v) is 14.3. The summed E-state index contributed by atoms with van der Waals surface area (Å²) in [5, 5.41) is 21.6. The molecule has 38 heavy (non-hydrogen) atoms. The summed E-state index contributed by atoms with van der Waals surface area (Å²) in [6.07, 6.45) is 5.08. The number of ether oxygens (including phenoxy) is 2. The third kappa shape index (κ3) is 6.06. The fourth-order valence-electron chi connectivity index (χ4n) is 4.64. The quantitative estimate of drug-likeness (QED) is 0.206. The van der Waals surface area contributed by atoms with E-state index in [-0.39, 0.29) is 30.7 Å². The molecule has 2 aliphatic rings. The predicted octanol–water partition coefficient (Wildman–Crippen LogP) is 2.80. The van der Waals surface area contributed by atoms with E-state index in [1.807, 2.05) is 0 Å². The second-order valence-electron chi connectivity index (χ2n) is 9.12. The Bertz CT molecular complexity index is 1360. The SMILES string of the molecule is CCOC(=O)CS(=O)(=O)N1c2ccc(OC3CCNCC3)c(Cl)c2CC1/C=C/c1cc(C(=N)N)ccc1O. The van der Waals surface area contributed by atoms with Crippen molar-refractivity contribution in [3.05, 3.63) is 58.1 Å². The van der Waals surface area contributed by atoms with E-state index in [9.17, 15) is 18.3 Å². The molecule has 10 nitrogen and oxygen atoms in total. The van der Waals surface area contributed by atoms with Gasteiger partial charge in [0.25, 0.3) is 0 Å². The number of esters is 1. The summed E-state index contributed by atoms with van der Waals surface area (Å²) < 4.78 is 39.1. The average Bonchev–Trinajstić information content (AvgIpc) is 3.26. The van der Waals surface area contributed by atoms with Crippen molar-refractivity contribution in [3.63, 3.8) is 0 Å². The first kappa shape index (κ1) is 27.7. The third-order valence-corrected chi connectivity index (χ3v) is 8.54. The van der Waals surface area contributed by atoms with E-state index >= 15 is 0 Å². The van der Waals surface area contributed by atoms with Crippen molar-refractivity contribution in [3.8, 4) is 11.5 Å². The van der Waals surface area contributed by atoms with Gasteiger partial charge in [-0.25, -0.2) is 8.42 Å². The molecule has 0 spiro atoms. The number of nitrogens with two attached hydrogens (primary N) is 1. The van der Waals surface area contributed by atoms with Crippen LogP contribution in [0.4, 0.5) is 5.69 Å². The summed E-state index contributed by atoms with van der Waals surface area (Å²) >= 11 is 6.75. The summed E-state index contributed by atoms with van der Waals surface area (Å²) in [4.78, 5) is 12.1. The number of phenols is 1. The lowest BCUT2D eigenvalue weighted by Gasteiger charge is -2.26. The van der Waals surface area contributed by atoms with E-state index in [0.717, 1.165) is 25.9 Å². The fraction of sp³-hybridized carbons (Fsp3) is 0.385. The molecule has 2 aliphatic heterocycles. The Balaban J connectivity index is 1.70. The number of amidine groups is 1. The number of phenolic OH excluding ortho intramolecular Hbond substituents is 1. The Kier molecular flexibility index (Phi) is 8.49. The van der Waals surface area contributed by atoms with Gasteiger partial charge in [-0.15, -0.1) is 0 Å². The summed E-state index contributed by atoms with van der Waals surface area (Å²) in [5.74, 6) is -1.43. The topological polar surface area (TPSA) is 155 Å². The number of hydrogen-bond donors (Lipinski definition) is 4. The van der Waals surface area contributed by atoms with Crippen molar-refractivity contribution in [2.24, 2.45) is 5.73 Å². The normalized spacial score (nSPS) is 17.9. The maximum atomic E-state index is 13.4. The number of fused-ring (bicyclic) bond motifs is 1. The highest BCUT2D eigenvalue weighted by molar-refractivity contribution is 7.93. The Morgan fingerprint density at radius 2 is 2.03 bits per heavy atom. The summed E-state index contributed by atoms with van der Waals surface area (Å²) in [7, 11) is -4.15. The van der Waals surface area contributed by atoms with Crippen molar-refractivity contribution in [2.45, 2.75) is 38.3 Å². The Hall–Kier alpha value is -3.28. The van der Waals surface area contributed by atoms with Crippen molar-refractivity contribution < 1.29 is 27.8 Å². The largest absolute Gasteiger partial charge is 0.507 e. The average molecular weight is 563 g/mol. The van der Waals surface area contributed by atoms with Gasteiger partial charge >= 0.3 is 5.97 Å². The molecule has 4 rings (SSSR count). The van der Waals surface area contributed by atoms with Crippen LogP contribution in [0.25, 0.3) is 6.08 Å². The number of rotatable bonds is 9. The van der Waals surface area contributed by atoms with Gasteiger partial charge in [0.15, 0.2) is 5.75 Å². The predicted molar refractivity (Wildman–Crippen MR) is 147 cm³/mol. The number of benzene rings is 2. The van der Waals surface area contributed by atoms with Gasteiger partial charge in [0, 0.05) is 23.1 Å². The number of hydrogen-bond acceptors (Lipinski definition) is 8. The molecule has 0 amide bonds. The highest BCUT2D eigenvalue weighted by atomic mass is 35.5. The Labute approximate surface area is 226 Å². The molecule has 1 unspecified atom stereocenters. The van der Waals surface area contributed by atoms with Crippen LogP contribution in [0, 0.1) is 5.41 Å². The van der Waals surface area contributed by atoms with Gasteiger partial charge in [-0.05, 0) is 63.2 Å². The molecule has 12 heteroatoms. The minimum Gasteiger partial charge on any atom is -0.507 e. The number of halogens is 1. The van der Waals surface area contributed by atoms with E-state index in [0.29, 0.717) is 33.1 Å². The standard InChI is InChI=1S/C26H31ClN4O6S/c1-2-36-24(33)15-38(34,35)31-18(5-3-16-13-17(26(28)29)4-7-22(16)32)14-20-21(31)6-8-23(25(20)27)37-19-9-11-30-12-10-19/h3-8,13,18-19,30,32H,2,9-12,14-15H2,1H3,(H3,28,29)/b5-3+. The number of aromatic hydroxyl groups is 1. The van der Waals surface area contributed by atoms with Crippen molar-refractivity contribution in [1.82, 2.24) is 5.32 Å². The maximum Gasteiger partial charge on any atom is 0.323 e. The number of carbonyl (C=O) groups excluding carboxylic acids is 1. The molecule has 0 saturated carbocycles. The number of carbonyl (C=O) groups is 1. The first-order chi connectivity index (χ1) is 18.1. The smallest absolute Gasteiger partial charge is 0.323 e. The summed E-state index contributed by atoms with van der Waals surface area (Å²) in [6, 6.07) is 7.02. The maximum absolute atomic E-state index is 13.4. The molecule has 204 valence electrons. The molecular formula is C26H31ClN4O6S. The number of sulfonamides is 1. The molecule has 0 aliphatic carbocycles. The van der Waals surface area contributed by atoms with Crippen molar-refractivity contribution in [1.29, 1.82) is 5.41 Å². The lowest BCUT2D eigenvalue weighted by atomic mass is 10.1. The number of nitrogens with zero attached hydrogens (tertiary/aromatic N) is 1. The van der Waals surface area contributed by atoms with Crippen LogP contribution in [0.3, 0.4) is 0 Å². The van der Waals surface area contributed by atoms with Crippen LogP contribution in [0.2, 0.25) is 5.02 Å². The van der Waals surface area contributed by atoms with Crippen LogP contribution in [-0.4, -0.2) is 62.9 Å². The van der Waals surface area contributed by atoms with Gasteiger partial charge < -0.3 is 25.6 Å². The van der Waals surface area contributed by atoms with Crippen molar-refractivity contribution in [2.75, 3.05) is 29.8 Å². The lowest BCUT2D eigenvalue weighted by molar-refractivity contribution is -0.139. The van der Waals surface area contributed by atoms with Gasteiger partial charge in [0.1, 0.15) is 23.4 Å². The number of piperidine rings is 1. The molecule has 0 bridgehead atoms. The van der Waals surface area contributed by atoms with Crippen molar-refractivity contribution >= 4 is 45.2 Å². The molecule has 5 N–H and O–H groups in total. The summed E-state index contributed by atoms with van der Waals surface area (Å²) in [5.41, 5.74) is 7.28. The first-order valence-electron chi connectivity index (χ1n) is 12.3. The molecule has 0 radical (unpaired) electrons. The highest BCUT2D eigenvalue weighted by Crippen LogP contribution is 2.44. The van der Waals surface area contributed by atoms with E-state index in [1.165, 1.54) is 22.5 Å². The highest BCUT2D eigenvalue weighted by Gasteiger charge is 2.39. The monoisotopic (exact) mass is 562 g/mol. The van der Waals surface area contributed by atoms with Crippen LogP contribution in [0.5, 0.6) is 11.5 Å².